The van der Waals surface area contributed by atoms with Crippen LogP contribution in [0.3, 0.4) is 0 Å². The fourth-order valence-electron chi connectivity index (χ4n) is 1.97. The molecule has 1 fully saturated rings. The molecule has 0 amide bonds. The van der Waals surface area contributed by atoms with Crippen LogP contribution in [-0.4, -0.2) is 23.9 Å². The number of aromatic nitrogens is 2. The molecule has 1 aromatic carbocycles. The van der Waals surface area contributed by atoms with Crippen LogP contribution in [0.1, 0.15) is 24.6 Å². The number of nitrogens with one attached hydrogen (secondary N) is 1. The summed E-state index contributed by atoms with van der Waals surface area (Å²) in [4.78, 5) is 4.17. The molecular formula is C15H18FN3O3. The molecule has 1 N–H and O–H groups in total. The lowest BCUT2D eigenvalue weighted by atomic mass is 10.2. The molecule has 0 bridgehead atoms. The van der Waals surface area contributed by atoms with E-state index in [0.29, 0.717) is 42.2 Å². The Balaban J connectivity index is 1.62. The maximum atomic E-state index is 13.4. The summed E-state index contributed by atoms with van der Waals surface area (Å²) < 4.78 is 29.0. The lowest BCUT2D eigenvalue weighted by Gasteiger charge is -2.12. The fraction of sp³-hybridized carbons (Fsp3) is 0.467. The van der Waals surface area contributed by atoms with Gasteiger partial charge in [0.15, 0.2) is 5.82 Å². The summed E-state index contributed by atoms with van der Waals surface area (Å²) in [5, 5.41) is 6.98. The zero-order valence-corrected chi connectivity index (χ0v) is 12.3. The van der Waals surface area contributed by atoms with E-state index >= 15 is 0 Å². The largest absolute Gasteiger partial charge is 0.491 e. The van der Waals surface area contributed by atoms with Crippen LogP contribution < -0.4 is 10.1 Å². The smallest absolute Gasteiger partial charge is 0.252 e. The summed E-state index contributed by atoms with van der Waals surface area (Å²) in [7, 11) is 1.56. The van der Waals surface area contributed by atoms with E-state index in [1.54, 1.807) is 13.2 Å². The Morgan fingerprint density at radius 2 is 2.27 bits per heavy atom. The molecule has 22 heavy (non-hydrogen) atoms. The molecule has 1 heterocycles. The highest BCUT2D eigenvalue weighted by Crippen LogP contribution is 2.32. The second-order valence-electron chi connectivity index (χ2n) is 5.29. The maximum absolute atomic E-state index is 13.4. The molecule has 0 saturated heterocycles. The molecule has 0 atom stereocenters. The van der Waals surface area contributed by atoms with Crippen LogP contribution in [0.4, 0.5) is 10.1 Å². The topological polar surface area (TPSA) is 69.4 Å². The van der Waals surface area contributed by atoms with E-state index < -0.39 is 0 Å². The lowest BCUT2D eigenvalue weighted by Crippen LogP contribution is -2.06. The van der Waals surface area contributed by atoms with Crippen molar-refractivity contribution in [2.75, 3.05) is 19.0 Å². The average molecular weight is 307 g/mol. The molecule has 3 rings (SSSR count). The van der Waals surface area contributed by atoms with Crippen LogP contribution in [0.15, 0.2) is 22.7 Å². The zero-order chi connectivity index (χ0) is 15.4. The number of anilines is 1. The Hall–Kier alpha value is -2.15. The monoisotopic (exact) mass is 307 g/mol. The van der Waals surface area contributed by atoms with Crippen molar-refractivity contribution >= 4 is 5.69 Å². The van der Waals surface area contributed by atoms with Crippen LogP contribution in [-0.2, 0) is 17.9 Å². The summed E-state index contributed by atoms with van der Waals surface area (Å²) in [6.07, 6.45) is 2.37. The molecule has 0 radical (unpaired) electrons. The molecule has 1 aromatic heterocycles. The first-order chi connectivity index (χ1) is 10.7. The second-order valence-corrected chi connectivity index (χ2v) is 5.29. The SMILES string of the molecule is COCc1nc(CNc2ccc(F)cc2OCC2CC2)no1. The fourth-order valence-corrected chi connectivity index (χ4v) is 1.97. The highest BCUT2D eigenvalue weighted by atomic mass is 19.1. The summed E-state index contributed by atoms with van der Waals surface area (Å²) in [5.74, 6) is 1.71. The predicted octanol–water partition coefficient (Wildman–Crippen LogP) is 2.76. The van der Waals surface area contributed by atoms with Gasteiger partial charge in [-0.1, -0.05) is 5.16 Å². The summed E-state index contributed by atoms with van der Waals surface area (Å²) in [6.45, 7) is 1.26. The normalized spacial score (nSPS) is 14.1. The van der Waals surface area contributed by atoms with Gasteiger partial charge in [-0.25, -0.2) is 4.39 Å². The van der Waals surface area contributed by atoms with Crippen LogP contribution in [0.5, 0.6) is 5.75 Å². The number of ether oxygens (including phenoxy) is 2. The first-order valence-electron chi connectivity index (χ1n) is 7.21. The van der Waals surface area contributed by atoms with Crippen molar-refractivity contribution < 1.29 is 18.4 Å². The number of hydrogen-bond donors (Lipinski definition) is 1. The van der Waals surface area contributed by atoms with Crippen LogP contribution in [0, 0.1) is 11.7 Å². The Morgan fingerprint density at radius 3 is 3.05 bits per heavy atom. The molecule has 1 saturated carbocycles. The maximum Gasteiger partial charge on any atom is 0.252 e. The molecule has 6 nitrogen and oxygen atoms in total. The summed E-state index contributed by atoms with van der Waals surface area (Å²) >= 11 is 0. The van der Waals surface area contributed by atoms with Gasteiger partial charge in [-0.2, -0.15) is 4.98 Å². The minimum absolute atomic E-state index is 0.277. The van der Waals surface area contributed by atoms with Gasteiger partial charge < -0.3 is 19.3 Å². The predicted molar refractivity (Wildman–Crippen MR) is 77.0 cm³/mol. The van der Waals surface area contributed by atoms with Gasteiger partial charge >= 0.3 is 0 Å². The number of hydrogen-bond acceptors (Lipinski definition) is 6. The van der Waals surface area contributed by atoms with Crippen molar-refractivity contribution in [3.05, 3.63) is 35.7 Å². The van der Waals surface area contributed by atoms with Crippen LogP contribution in [0.2, 0.25) is 0 Å². The number of nitrogens with zero attached hydrogens (tertiary/aromatic N) is 2. The van der Waals surface area contributed by atoms with Crippen molar-refractivity contribution in [3.8, 4) is 5.75 Å². The average Bonchev–Trinajstić information content (AvgIpc) is 3.24. The van der Waals surface area contributed by atoms with E-state index in [1.807, 2.05) is 0 Å². The number of methoxy groups -OCH3 is 1. The Labute approximate surface area is 127 Å². The van der Waals surface area contributed by atoms with Crippen LogP contribution in [0.25, 0.3) is 0 Å². The van der Waals surface area contributed by atoms with Gasteiger partial charge in [0.1, 0.15) is 18.2 Å². The van der Waals surface area contributed by atoms with Gasteiger partial charge in [0.2, 0.25) is 0 Å². The van der Waals surface area contributed by atoms with Crippen molar-refractivity contribution in [2.24, 2.45) is 5.92 Å². The van der Waals surface area contributed by atoms with E-state index in [1.165, 1.54) is 25.0 Å². The van der Waals surface area contributed by atoms with E-state index in [-0.39, 0.29) is 12.4 Å². The van der Waals surface area contributed by atoms with Crippen LogP contribution >= 0.6 is 0 Å². The molecule has 0 spiro atoms. The summed E-state index contributed by atoms with van der Waals surface area (Å²) in [6, 6.07) is 4.42. The number of benzene rings is 1. The Bertz CT molecular complexity index is 628. The number of rotatable bonds is 8. The van der Waals surface area contributed by atoms with Gasteiger partial charge in [0.25, 0.3) is 5.89 Å². The minimum Gasteiger partial charge on any atom is -0.491 e. The van der Waals surface area contributed by atoms with Gasteiger partial charge in [-0.3, -0.25) is 0 Å². The highest BCUT2D eigenvalue weighted by Gasteiger charge is 2.22. The zero-order valence-electron chi connectivity index (χ0n) is 12.3. The first kappa shape index (κ1) is 14.8. The van der Waals surface area contributed by atoms with Crippen molar-refractivity contribution in [1.82, 2.24) is 10.1 Å². The van der Waals surface area contributed by atoms with Gasteiger partial charge in [0.05, 0.1) is 18.8 Å². The van der Waals surface area contributed by atoms with E-state index in [4.69, 9.17) is 14.0 Å². The van der Waals surface area contributed by atoms with E-state index in [0.717, 1.165) is 0 Å². The summed E-state index contributed by atoms with van der Waals surface area (Å²) in [5.41, 5.74) is 0.708. The van der Waals surface area contributed by atoms with Gasteiger partial charge in [-0.05, 0) is 30.9 Å². The lowest BCUT2D eigenvalue weighted by molar-refractivity contribution is 0.151. The third kappa shape index (κ3) is 3.94. The van der Waals surface area contributed by atoms with Gasteiger partial charge in [0, 0.05) is 13.2 Å². The Kier molecular flexibility index (Phi) is 4.53. The first-order valence-corrected chi connectivity index (χ1v) is 7.21. The molecule has 7 heteroatoms. The third-order valence-corrected chi connectivity index (χ3v) is 3.33. The molecule has 2 aromatic rings. The molecular weight excluding hydrogens is 289 g/mol. The molecule has 1 aliphatic carbocycles. The van der Waals surface area contributed by atoms with E-state index in [9.17, 15) is 4.39 Å². The highest BCUT2D eigenvalue weighted by molar-refractivity contribution is 5.56. The van der Waals surface area contributed by atoms with Crippen molar-refractivity contribution in [3.63, 3.8) is 0 Å². The molecule has 118 valence electrons. The standard InChI is InChI=1S/C15H18FN3O3/c1-20-9-15-18-14(19-22-15)7-17-12-5-4-11(16)6-13(12)21-8-10-2-3-10/h4-6,10,17H,2-3,7-9H2,1H3. The van der Waals surface area contributed by atoms with Gasteiger partial charge in [-0.15, -0.1) is 0 Å². The molecule has 0 aliphatic heterocycles. The van der Waals surface area contributed by atoms with Crippen molar-refractivity contribution in [2.45, 2.75) is 26.0 Å². The number of halogens is 1. The van der Waals surface area contributed by atoms with Crippen molar-refractivity contribution in [1.29, 1.82) is 0 Å². The quantitative estimate of drug-likeness (QED) is 0.808. The molecule has 0 unspecified atom stereocenters. The minimum atomic E-state index is -0.321. The Morgan fingerprint density at radius 1 is 1.41 bits per heavy atom. The molecule has 1 aliphatic rings. The second kappa shape index (κ2) is 6.74. The van der Waals surface area contributed by atoms with E-state index in [2.05, 4.69) is 15.5 Å². The third-order valence-electron chi connectivity index (χ3n) is 3.33.